The SMILES string of the molecule is O=C(N[C@H](O)Cc1ccnc(Br)c1)c1cncc2c1cnn2-c1ccc(F)cc1.O=C(O)c1cncc2c1cnn2-c1ccc(F)cc1. The number of rotatable bonds is 7. The number of carboxylic acids is 1. The standard InChI is InChI=1S/C20H15BrFN5O2.C13H8FN3O2/c21-18-7-12(5-6-24-18)8-19(28)26-20(29)16-9-23-11-17-15(16)10-25-27(17)14-3-1-13(22)2-4-14;14-8-1-3-9(4-2-8)17-12-7-15-5-11(13(18)19)10(12)6-16-17/h1-7,9-11,19,28H,8H2,(H,26,29);1-7H,(H,18,19)/t19-;/m1./s1. The van der Waals surface area contributed by atoms with Crippen LogP contribution in [0.4, 0.5) is 8.78 Å². The van der Waals surface area contributed by atoms with Crippen LogP contribution in [0, 0.1) is 11.6 Å². The number of aromatic nitrogens is 7. The third kappa shape index (κ3) is 6.91. The van der Waals surface area contributed by atoms with Crippen LogP contribution in [-0.2, 0) is 6.42 Å². The number of carbonyl (C=O) groups is 2. The van der Waals surface area contributed by atoms with E-state index in [1.54, 1.807) is 59.7 Å². The van der Waals surface area contributed by atoms with Gasteiger partial charge in [0.15, 0.2) is 0 Å². The molecule has 0 spiro atoms. The highest BCUT2D eigenvalue weighted by molar-refractivity contribution is 9.10. The first kappa shape index (κ1) is 32.0. The minimum atomic E-state index is -1.08. The molecule has 1 atom stereocenters. The summed E-state index contributed by atoms with van der Waals surface area (Å²) < 4.78 is 29.8. The van der Waals surface area contributed by atoms with Crippen molar-refractivity contribution in [3.8, 4) is 11.4 Å². The van der Waals surface area contributed by atoms with E-state index in [1.165, 1.54) is 53.7 Å². The van der Waals surface area contributed by atoms with Gasteiger partial charge in [0.05, 0.1) is 58.3 Å². The second kappa shape index (κ2) is 13.8. The van der Waals surface area contributed by atoms with E-state index in [4.69, 9.17) is 5.11 Å². The maximum Gasteiger partial charge on any atom is 0.338 e. The molecule has 7 rings (SSSR count). The molecule has 5 heterocycles. The Hall–Kier alpha value is -5.93. The van der Waals surface area contributed by atoms with Gasteiger partial charge < -0.3 is 15.5 Å². The number of nitrogens with zero attached hydrogens (tertiary/aromatic N) is 7. The van der Waals surface area contributed by atoms with E-state index in [0.717, 1.165) is 5.56 Å². The molecule has 0 radical (unpaired) electrons. The number of aromatic carboxylic acids is 1. The Morgan fingerprint density at radius 2 is 1.29 bits per heavy atom. The van der Waals surface area contributed by atoms with Crippen LogP contribution in [0.25, 0.3) is 33.2 Å². The summed E-state index contributed by atoms with van der Waals surface area (Å²) in [7, 11) is 0. The van der Waals surface area contributed by atoms with Gasteiger partial charge in [-0.3, -0.25) is 14.8 Å². The topological polar surface area (TPSA) is 161 Å². The van der Waals surface area contributed by atoms with Gasteiger partial charge >= 0.3 is 5.97 Å². The molecule has 12 nitrogen and oxygen atoms in total. The average molecular weight is 713 g/mol. The van der Waals surface area contributed by atoms with Gasteiger partial charge in [-0.25, -0.2) is 27.9 Å². The maximum atomic E-state index is 13.2. The van der Waals surface area contributed by atoms with Gasteiger partial charge in [-0.2, -0.15) is 10.2 Å². The van der Waals surface area contributed by atoms with Crippen molar-refractivity contribution in [2.45, 2.75) is 12.6 Å². The predicted molar refractivity (Wildman–Crippen MR) is 174 cm³/mol. The highest BCUT2D eigenvalue weighted by atomic mass is 79.9. The zero-order valence-corrected chi connectivity index (χ0v) is 26.2. The summed E-state index contributed by atoms with van der Waals surface area (Å²) in [6.07, 6.45) is 9.56. The number of amides is 1. The zero-order valence-electron chi connectivity index (χ0n) is 24.6. The molecule has 7 aromatic rings. The number of fused-ring (bicyclic) bond motifs is 2. The smallest absolute Gasteiger partial charge is 0.338 e. The van der Waals surface area contributed by atoms with E-state index >= 15 is 0 Å². The molecule has 0 saturated heterocycles. The van der Waals surface area contributed by atoms with Crippen molar-refractivity contribution < 1.29 is 28.6 Å². The molecule has 3 N–H and O–H groups in total. The minimum Gasteiger partial charge on any atom is -0.478 e. The van der Waals surface area contributed by atoms with Gasteiger partial charge in [0, 0.05) is 35.8 Å². The van der Waals surface area contributed by atoms with Crippen molar-refractivity contribution in [2.24, 2.45) is 0 Å². The molecule has 0 aliphatic heterocycles. The van der Waals surface area contributed by atoms with Gasteiger partial charge in [-0.1, -0.05) is 0 Å². The van der Waals surface area contributed by atoms with Crippen LogP contribution in [0.3, 0.4) is 0 Å². The van der Waals surface area contributed by atoms with Crippen LogP contribution in [0.15, 0.2) is 109 Å². The first-order chi connectivity index (χ1) is 23.2. The summed E-state index contributed by atoms with van der Waals surface area (Å²) in [5.41, 5.74) is 3.63. The van der Waals surface area contributed by atoms with Crippen molar-refractivity contribution in [1.82, 2.24) is 39.8 Å². The van der Waals surface area contributed by atoms with Crippen molar-refractivity contribution in [1.29, 1.82) is 0 Å². The largest absolute Gasteiger partial charge is 0.478 e. The third-order valence-electron chi connectivity index (χ3n) is 7.13. The quantitative estimate of drug-likeness (QED) is 0.148. The second-order valence-electron chi connectivity index (χ2n) is 10.3. The molecular formula is C33H23BrF2N8O4. The number of aliphatic hydroxyl groups excluding tert-OH is 1. The van der Waals surface area contributed by atoms with Crippen LogP contribution in [0.5, 0.6) is 0 Å². The molecule has 0 fully saturated rings. The van der Waals surface area contributed by atoms with Crippen molar-refractivity contribution in [2.75, 3.05) is 0 Å². The summed E-state index contributed by atoms with van der Waals surface area (Å²) >= 11 is 3.27. The fourth-order valence-corrected chi connectivity index (χ4v) is 5.30. The molecule has 1 amide bonds. The number of hydrogen-bond donors (Lipinski definition) is 3. The number of carbonyl (C=O) groups excluding carboxylic acids is 1. The molecular weight excluding hydrogens is 690 g/mol. The average Bonchev–Trinajstić information content (AvgIpc) is 3.71. The normalized spacial score (nSPS) is 11.6. The summed E-state index contributed by atoms with van der Waals surface area (Å²) in [5.74, 6) is -2.22. The number of halogens is 3. The lowest BCUT2D eigenvalue weighted by atomic mass is 10.1. The van der Waals surface area contributed by atoms with E-state index in [0.29, 0.717) is 37.8 Å². The van der Waals surface area contributed by atoms with Gasteiger partial charge in [-0.05, 0) is 82.2 Å². The van der Waals surface area contributed by atoms with E-state index in [2.05, 4.69) is 46.4 Å². The van der Waals surface area contributed by atoms with Crippen LogP contribution in [0.2, 0.25) is 0 Å². The lowest BCUT2D eigenvalue weighted by Gasteiger charge is -2.13. The molecule has 5 aromatic heterocycles. The van der Waals surface area contributed by atoms with Crippen molar-refractivity contribution >= 4 is 49.6 Å². The number of hydrogen-bond acceptors (Lipinski definition) is 8. The fourth-order valence-electron chi connectivity index (χ4n) is 4.88. The Bertz CT molecular complexity index is 2260. The summed E-state index contributed by atoms with van der Waals surface area (Å²) in [6.45, 7) is 0. The predicted octanol–water partition coefficient (Wildman–Crippen LogP) is 5.27. The highest BCUT2D eigenvalue weighted by Gasteiger charge is 2.18. The van der Waals surface area contributed by atoms with Crippen LogP contribution in [-0.4, -0.2) is 62.8 Å². The third-order valence-corrected chi connectivity index (χ3v) is 7.56. The van der Waals surface area contributed by atoms with E-state index in [9.17, 15) is 23.5 Å². The summed E-state index contributed by atoms with van der Waals surface area (Å²) in [4.78, 5) is 35.8. The van der Waals surface area contributed by atoms with Gasteiger partial charge in [0.2, 0.25) is 0 Å². The molecule has 15 heteroatoms. The first-order valence-corrected chi connectivity index (χ1v) is 15.0. The lowest BCUT2D eigenvalue weighted by molar-refractivity contribution is 0.0697. The van der Waals surface area contributed by atoms with Gasteiger partial charge in [0.1, 0.15) is 22.5 Å². The van der Waals surface area contributed by atoms with Gasteiger partial charge in [-0.15, -0.1) is 0 Å². The fraction of sp³-hybridized carbons (Fsp3) is 0.0606. The molecule has 0 saturated carbocycles. The monoisotopic (exact) mass is 712 g/mol. The Morgan fingerprint density at radius 1 is 0.771 bits per heavy atom. The van der Waals surface area contributed by atoms with Crippen LogP contribution < -0.4 is 5.32 Å². The van der Waals surface area contributed by atoms with Crippen molar-refractivity contribution in [3.63, 3.8) is 0 Å². The van der Waals surface area contributed by atoms with E-state index < -0.39 is 18.1 Å². The Morgan fingerprint density at radius 3 is 1.81 bits per heavy atom. The molecule has 0 aliphatic carbocycles. The van der Waals surface area contributed by atoms with Crippen molar-refractivity contribution in [3.05, 3.63) is 137 Å². The number of nitrogens with one attached hydrogen (secondary N) is 1. The van der Waals surface area contributed by atoms with E-state index in [1.807, 2.05) is 0 Å². The Kier molecular flexibility index (Phi) is 9.22. The zero-order chi connectivity index (χ0) is 33.8. The lowest BCUT2D eigenvalue weighted by Crippen LogP contribution is -2.36. The highest BCUT2D eigenvalue weighted by Crippen LogP contribution is 2.22. The number of aliphatic hydroxyl groups is 1. The molecule has 0 bridgehead atoms. The molecule has 48 heavy (non-hydrogen) atoms. The molecule has 240 valence electrons. The number of pyridine rings is 3. The maximum absolute atomic E-state index is 13.2. The van der Waals surface area contributed by atoms with Crippen LogP contribution in [0.1, 0.15) is 26.3 Å². The minimum absolute atomic E-state index is 0.0888. The van der Waals surface area contributed by atoms with E-state index in [-0.39, 0.29) is 29.2 Å². The molecule has 0 unspecified atom stereocenters. The summed E-state index contributed by atoms with van der Waals surface area (Å²) in [6, 6.07) is 15.1. The molecule has 0 aliphatic rings. The Balaban J connectivity index is 0.000000182. The summed E-state index contributed by atoms with van der Waals surface area (Å²) in [5, 5.41) is 31.4. The van der Waals surface area contributed by atoms with Crippen LogP contribution >= 0.6 is 15.9 Å². The second-order valence-corrected chi connectivity index (χ2v) is 11.1. The number of carboxylic acid groups (broad SMARTS) is 1. The number of benzene rings is 2. The molecule has 2 aromatic carbocycles. The Labute approximate surface area is 278 Å². The first-order valence-electron chi connectivity index (χ1n) is 14.2. The van der Waals surface area contributed by atoms with Gasteiger partial charge in [0.25, 0.3) is 5.91 Å².